The molecule has 0 bridgehead atoms. The minimum absolute atomic E-state index is 0.00833. The molecule has 0 saturated heterocycles. The van der Waals surface area contributed by atoms with Crippen LogP contribution in [0.15, 0.2) is 47.6 Å². The molecule has 1 heteroatoms. The van der Waals surface area contributed by atoms with Gasteiger partial charge in [-0.05, 0) is 51.0 Å². The van der Waals surface area contributed by atoms with Gasteiger partial charge in [-0.2, -0.15) is 0 Å². The first-order valence-corrected chi connectivity index (χ1v) is 4.57. The zero-order chi connectivity index (χ0) is 11.3. The van der Waals surface area contributed by atoms with Gasteiger partial charge in [0.2, 0.25) is 0 Å². The van der Waals surface area contributed by atoms with E-state index in [1.165, 1.54) is 0 Å². The van der Waals surface area contributed by atoms with Crippen LogP contribution in [-0.2, 0) is 4.79 Å². The van der Waals surface area contributed by atoms with Gasteiger partial charge >= 0.3 is 0 Å². The molecule has 0 rings (SSSR count). The minimum atomic E-state index is -0.00833. The summed E-state index contributed by atoms with van der Waals surface area (Å²) in [5, 5.41) is 0. The number of hydrogen-bond donors (Lipinski definition) is 0. The lowest BCUT2D eigenvalue weighted by molar-refractivity contribution is -0.110. The number of carbonyl (C=O) groups is 1. The van der Waals surface area contributed by atoms with Crippen LogP contribution in [-0.4, -0.2) is 5.78 Å². The first-order chi connectivity index (χ1) is 6.34. The summed E-state index contributed by atoms with van der Waals surface area (Å²) in [5.74, 6) is -0.00833. The Bertz CT molecular complexity index is 295. The topological polar surface area (TPSA) is 17.1 Å². The van der Waals surface area contributed by atoms with Gasteiger partial charge in [0.05, 0.1) is 0 Å². The van der Waals surface area contributed by atoms with Crippen molar-refractivity contribution in [1.82, 2.24) is 0 Å². The molecule has 0 fully saturated rings. The molecule has 0 aliphatic heterocycles. The van der Waals surface area contributed by atoms with Crippen LogP contribution in [0.4, 0.5) is 0 Å². The molecular formula is C13H18O. The summed E-state index contributed by atoms with van der Waals surface area (Å²) in [5.41, 5.74) is 3.67. The Morgan fingerprint density at radius 2 is 1.14 bits per heavy atom. The van der Waals surface area contributed by atoms with Crippen LogP contribution < -0.4 is 0 Å². The van der Waals surface area contributed by atoms with Gasteiger partial charge < -0.3 is 0 Å². The second-order valence-electron chi connectivity index (χ2n) is 3.62. The van der Waals surface area contributed by atoms with E-state index in [1.807, 2.05) is 27.7 Å². The van der Waals surface area contributed by atoms with Crippen LogP contribution in [0.1, 0.15) is 27.7 Å². The van der Waals surface area contributed by atoms with E-state index in [4.69, 9.17) is 0 Å². The highest BCUT2D eigenvalue weighted by molar-refractivity contribution is 6.00. The third-order valence-electron chi connectivity index (χ3n) is 2.06. The molecule has 0 saturated carbocycles. The summed E-state index contributed by atoms with van der Waals surface area (Å²) in [6, 6.07) is 0. The van der Waals surface area contributed by atoms with Crippen molar-refractivity contribution < 1.29 is 4.79 Å². The Labute approximate surface area is 86.5 Å². The van der Waals surface area contributed by atoms with Crippen molar-refractivity contribution in [2.45, 2.75) is 27.7 Å². The predicted octanol–water partition coefficient (Wildman–Crippen LogP) is 3.60. The molecule has 1 nitrogen and oxygen atoms in total. The van der Waals surface area contributed by atoms with Crippen molar-refractivity contribution in [3.05, 3.63) is 47.6 Å². The van der Waals surface area contributed by atoms with Gasteiger partial charge in [-0.15, -0.1) is 0 Å². The van der Waals surface area contributed by atoms with E-state index in [0.29, 0.717) is 0 Å². The van der Waals surface area contributed by atoms with Crippen LogP contribution in [0, 0.1) is 0 Å². The number of ketones is 1. The maximum Gasteiger partial charge on any atom is 0.179 e. The predicted molar refractivity (Wildman–Crippen MR) is 62.1 cm³/mol. The minimum Gasteiger partial charge on any atom is -0.290 e. The molecule has 0 spiro atoms. The quantitative estimate of drug-likeness (QED) is 0.489. The standard InChI is InChI=1S/C13H18O/c1-9(2)11(5)7-13(14)8-12(6)10(3)4/h7-8H,1,3H2,2,4-6H3. The Hall–Kier alpha value is -1.37. The number of hydrogen-bond acceptors (Lipinski definition) is 1. The molecule has 0 aliphatic carbocycles. The van der Waals surface area contributed by atoms with Crippen LogP contribution in [0.3, 0.4) is 0 Å². The van der Waals surface area contributed by atoms with Crippen molar-refractivity contribution in [1.29, 1.82) is 0 Å². The van der Waals surface area contributed by atoms with E-state index < -0.39 is 0 Å². The molecule has 76 valence electrons. The maximum atomic E-state index is 11.4. The van der Waals surface area contributed by atoms with Crippen molar-refractivity contribution in [3.63, 3.8) is 0 Å². The molecule has 14 heavy (non-hydrogen) atoms. The SMILES string of the molecule is C=C(C)C(C)=CC(=O)C=C(C)C(=C)C. The Balaban J connectivity index is 4.69. The van der Waals surface area contributed by atoms with Gasteiger partial charge in [-0.1, -0.05) is 24.3 Å². The number of carbonyl (C=O) groups excluding carboxylic acids is 1. The highest BCUT2D eigenvalue weighted by atomic mass is 16.1. The fraction of sp³-hybridized carbons (Fsp3) is 0.308. The molecule has 0 N–H and O–H groups in total. The van der Waals surface area contributed by atoms with Crippen molar-refractivity contribution in [2.75, 3.05) is 0 Å². The first kappa shape index (κ1) is 12.6. The largest absolute Gasteiger partial charge is 0.290 e. The molecule has 0 aliphatic rings. The first-order valence-electron chi connectivity index (χ1n) is 4.57. The summed E-state index contributed by atoms with van der Waals surface area (Å²) in [7, 11) is 0. The number of allylic oxidation sites excluding steroid dienone is 6. The second-order valence-corrected chi connectivity index (χ2v) is 3.62. The van der Waals surface area contributed by atoms with E-state index in [9.17, 15) is 4.79 Å². The zero-order valence-corrected chi connectivity index (χ0v) is 9.48. The lowest BCUT2D eigenvalue weighted by Crippen LogP contribution is -1.91. The summed E-state index contributed by atoms with van der Waals surface area (Å²) in [6.45, 7) is 15.1. The summed E-state index contributed by atoms with van der Waals surface area (Å²) in [6.07, 6.45) is 3.18. The molecule has 0 aromatic carbocycles. The van der Waals surface area contributed by atoms with E-state index in [0.717, 1.165) is 22.3 Å². The Kier molecular flexibility index (Phi) is 4.85. The number of rotatable bonds is 4. The molecule has 0 amide bonds. The zero-order valence-electron chi connectivity index (χ0n) is 9.48. The summed E-state index contributed by atoms with van der Waals surface area (Å²) >= 11 is 0. The van der Waals surface area contributed by atoms with Gasteiger partial charge in [0.15, 0.2) is 5.78 Å². The van der Waals surface area contributed by atoms with Gasteiger partial charge in [0.1, 0.15) is 0 Å². The lowest BCUT2D eigenvalue weighted by Gasteiger charge is -1.98. The molecule has 0 unspecified atom stereocenters. The van der Waals surface area contributed by atoms with Gasteiger partial charge in [0.25, 0.3) is 0 Å². The molecular weight excluding hydrogens is 172 g/mol. The third kappa shape index (κ3) is 4.61. The van der Waals surface area contributed by atoms with E-state index in [1.54, 1.807) is 12.2 Å². The van der Waals surface area contributed by atoms with Crippen molar-refractivity contribution in [2.24, 2.45) is 0 Å². The third-order valence-corrected chi connectivity index (χ3v) is 2.06. The molecule has 0 atom stereocenters. The molecule has 0 aromatic heterocycles. The normalized spacial score (nSPS) is 12.6. The van der Waals surface area contributed by atoms with E-state index in [-0.39, 0.29) is 5.78 Å². The summed E-state index contributed by atoms with van der Waals surface area (Å²) in [4.78, 5) is 11.4. The van der Waals surface area contributed by atoms with Gasteiger partial charge in [-0.3, -0.25) is 4.79 Å². The fourth-order valence-corrected chi connectivity index (χ4v) is 0.715. The fourth-order valence-electron chi connectivity index (χ4n) is 0.715. The Morgan fingerprint density at radius 3 is 1.36 bits per heavy atom. The molecule has 0 aromatic rings. The Morgan fingerprint density at radius 1 is 0.857 bits per heavy atom. The maximum absolute atomic E-state index is 11.4. The van der Waals surface area contributed by atoms with Crippen LogP contribution in [0.25, 0.3) is 0 Å². The van der Waals surface area contributed by atoms with Crippen LogP contribution >= 0.6 is 0 Å². The van der Waals surface area contributed by atoms with E-state index >= 15 is 0 Å². The second kappa shape index (κ2) is 5.38. The van der Waals surface area contributed by atoms with Gasteiger partial charge in [-0.25, -0.2) is 0 Å². The van der Waals surface area contributed by atoms with Crippen molar-refractivity contribution in [3.8, 4) is 0 Å². The average molecular weight is 190 g/mol. The highest BCUT2D eigenvalue weighted by Gasteiger charge is 1.97. The van der Waals surface area contributed by atoms with E-state index in [2.05, 4.69) is 13.2 Å². The van der Waals surface area contributed by atoms with Gasteiger partial charge in [0, 0.05) is 0 Å². The average Bonchev–Trinajstić information content (AvgIpc) is 2.03. The van der Waals surface area contributed by atoms with Crippen LogP contribution in [0.5, 0.6) is 0 Å². The monoisotopic (exact) mass is 190 g/mol. The van der Waals surface area contributed by atoms with Crippen molar-refractivity contribution >= 4 is 5.78 Å². The van der Waals surface area contributed by atoms with Crippen LogP contribution in [0.2, 0.25) is 0 Å². The molecule has 0 heterocycles. The highest BCUT2D eigenvalue weighted by Crippen LogP contribution is 2.08. The molecule has 0 radical (unpaired) electrons. The smallest absolute Gasteiger partial charge is 0.179 e. The lowest BCUT2D eigenvalue weighted by atomic mass is 10.1. The summed E-state index contributed by atoms with van der Waals surface area (Å²) < 4.78 is 0.